The van der Waals surface area contributed by atoms with Gasteiger partial charge in [-0.15, -0.1) is 0 Å². The van der Waals surface area contributed by atoms with E-state index in [0.717, 1.165) is 19.3 Å². The van der Waals surface area contributed by atoms with E-state index in [-0.39, 0.29) is 18.4 Å². The minimum atomic E-state index is -4.47. The standard InChI is InChI=1S/C15H27F3N2O2/c1-14(2,3)8-12(15(16,17)18)20-13(22)19-9-10-5-4-6-11(21)7-10/h10-12,21H,4-9H2,1-3H3,(H2,19,20,22). The highest BCUT2D eigenvalue weighted by molar-refractivity contribution is 5.74. The number of carbonyl (C=O) groups excluding carboxylic acids is 1. The van der Waals surface area contributed by atoms with Gasteiger partial charge in [0.25, 0.3) is 0 Å². The van der Waals surface area contributed by atoms with E-state index in [2.05, 4.69) is 5.32 Å². The molecule has 1 fully saturated rings. The Morgan fingerprint density at radius 3 is 2.41 bits per heavy atom. The van der Waals surface area contributed by atoms with Gasteiger partial charge in [-0.05, 0) is 37.0 Å². The van der Waals surface area contributed by atoms with Gasteiger partial charge in [-0.2, -0.15) is 13.2 Å². The Hall–Kier alpha value is -0.980. The Morgan fingerprint density at radius 2 is 1.91 bits per heavy atom. The minimum absolute atomic E-state index is 0.126. The molecule has 2 amide bonds. The predicted molar refractivity (Wildman–Crippen MR) is 78.4 cm³/mol. The van der Waals surface area contributed by atoms with Gasteiger partial charge in [-0.1, -0.05) is 27.2 Å². The predicted octanol–water partition coefficient (Wildman–Crippen LogP) is 3.20. The normalized spacial score (nSPS) is 24.7. The molecule has 0 aromatic rings. The second kappa shape index (κ2) is 7.53. The maximum Gasteiger partial charge on any atom is 0.408 e. The van der Waals surface area contributed by atoms with Crippen LogP contribution in [0.1, 0.15) is 52.9 Å². The zero-order valence-electron chi connectivity index (χ0n) is 13.5. The van der Waals surface area contributed by atoms with E-state index in [1.54, 1.807) is 20.8 Å². The number of alkyl halides is 3. The third kappa shape index (κ3) is 7.33. The molecule has 22 heavy (non-hydrogen) atoms. The van der Waals surface area contributed by atoms with E-state index in [4.69, 9.17) is 0 Å². The monoisotopic (exact) mass is 324 g/mol. The van der Waals surface area contributed by atoms with Crippen molar-refractivity contribution in [3.8, 4) is 0 Å². The lowest BCUT2D eigenvalue weighted by Gasteiger charge is -2.29. The summed E-state index contributed by atoms with van der Waals surface area (Å²) in [5, 5.41) is 14.1. The zero-order valence-corrected chi connectivity index (χ0v) is 13.5. The molecule has 3 N–H and O–H groups in total. The molecular formula is C15H27F3N2O2. The van der Waals surface area contributed by atoms with Crippen molar-refractivity contribution < 1.29 is 23.1 Å². The molecule has 1 aliphatic rings. The van der Waals surface area contributed by atoms with Crippen LogP contribution in [0.25, 0.3) is 0 Å². The van der Waals surface area contributed by atoms with E-state index >= 15 is 0 Å². The largest absolute Gasteiger partial charge is 0.408 e. The topological polar surface area (TPSA) is 61.4 Å². The van der Waals surface area contributed by atoms with Crippen LogP contribution in [0.3, 0.4) is 0 Å². The number of hydrogen-bond donors (Lipinski definition) is 3. The van der Waals surface area contributed by atoms with Crippen LogP contribution in [0.15, 0.2) is 0 Å². The second-order valence-corrected chi connectivity index (χ2v) is 7.40. The summed E-state index contributed by atoms with van der Waals surface area (Å²) in [6.45, 7) is 5.40. The maximum absolute atomic E-state index is 13.0. The molecule has 0 spiro atoms. The number of urea groups is 1. The fraction of sp³-hybridized carbons (Fsp3) is 0.933. The lowest BCUT2D eigenvalue weighted by molar-refractivity contribution is -0.159. The first kappa shape index (κ1) is 19.1. The third-order valence-corrected chi connectivity index (χ3v) is 3.82. The number of carbonyl (C=O) groups is 1. The van der Waals surface area contributed by atoms with Crippen LogP contribution >= 0.6 is 0 Å². The molecule has 0 saturated heterocycles. The van der Waals surface area contributed by atoms with Gasteiger partial charge in [0.05, 0.1) is 6.10 Å². The third-order valence-electron chi connectivity index (χ3n) is 3.82. The van der Waals surface area contributed by atoms with Crippen molar-refractivity contribution in [1.29, 1.82) is 0 Å². The fourth-order valence-corrected chi connectivity index (χ4v) is 2.76. The first-order valence-electron chi connectivity index (χ1n) is 7.76. The number of aliphatic hydroxyl groups is 1. The Labute approximate surface area is 129 Å². The van der Waals surface area contributed by atoms with E-state index < -0.39 is 23.7 Å². The number of halogens is 3. The molecule has 0 radical (unpaired) electrons. The van der Waals surface area contributed by atoms with Gasteiger partial charge >= 0.3 is 12.2 Å². The highest BCUT2D eigenvalue weighted by Crippen LogP contribution is 2.30. The number of aliphatic hydroxyl groups excluding tert-OH is 1. The fourth-order valence-electron chi connectivity index (χ4n) is 2.76. The van der Waals surface area contributed by atoms with Crippen LogP contribution in [-0.4, -0.2) is 36.0 Å². The average Bonchev–Trinajstić information content (AvgIpc) is 2.33. The van der Waals surface area contributed by atoms with Crippen molar-refractivity contribution in [3.63, 3.8) is 0 Å². The Bertz CT molecular complexity index is 367. The molecule has 1 aliphatic carbocycles. The van der Waals surface area contributed by atoms with Gasteiger partial charge in [-0.25, -0.2) is 4.79 Å². The summed E-state index contributed by atoms with van der Waals surface area (Å²) in [5.41, 5.74) is -0.541. The Balaban J connectivity index is 2.46. The van der Waals surface area contributed by atoms with Crippen LogP contribution in [0.4, 0.5) is 18.0 Å². The molecule has 0 aromatic carbocycles. The van der Waals surface area contributed by atoms with Gasteiger partial charge in [0, 0.05) is 6.54 Å². The Morgan fingerprint density at radius 1 is 1.27 bits per heavy atom. The summed E-state index contributed by atoms with van der Waals surface area (Å²) in [4.78, 5) is 11.7. The summed E-state index contributed by atoms with van der Waals surface area (Å²) in [6, 6.07) is -2.66. The van der Waals surface area contributed by atoms with Crippen molar-refractivity contribution in [2.45, 2.75) is 71.2 Å². The zero-order chi connectivity index (χ0) is 17.0. The summed E-state index contributed by atoms with van der Waals surface area (Å²) < 4.78 is 38.9. The molecule has 0 aromatic heterocycles. The smallest absolute Gasteiger partial charge is 0.393 e. The molecule has 1 rings (SSSR count). The highest BCUT2D eigenvalue weighted by atomic mass is 19.4. The molecule has 7 heteroatoms. The summed E-state index contributed by atoms with van der Waals surface area (Å²) in [5.74, 6) is 0.126. The lowest BCUT2D eigenvalue weighted by Crippen LogP contribution is -2.51. The van der Waals surface area contributed by atoms with Crippen molar-refractivity contribution in [2.75, 3.05) is 6.54 Å². The van der Waals surface area contributed by atoms with Crippen LogP contribution in [0, 0.1) is 11.3 Å². The van der Waals surface area contributed by atoms with E-state index in [1.165, 1.54) is 0 Å². The van der Waals surface area contributed by atoms with Crippen LogP contribution in [0.5, 0.6) is 0 Å². The average molecular weight is 324 g/mol. The van der Waals surface area contributed by atoms with E-state index in [9.17, 15) is 23.1 Å². The number of amides is 2. The lowest BCUT2D eigenvalue weighted by atomic mass is 9.87. The SMILES string of the molecule is CC(C)(C)CC(NC(=O)NCC1CCCC(O)C1)C(F)(F)F. The maximum atomic E-state index is 13.0. The summed E-state index contributed by atoms with van der Waals surface area (Å²) in [7, 11) is 0. The summed E-state index contributed by atoms with van der Waals surface area (Å²) in [6.07, 6.45) is -1.91. The molecule has 4 nitrogen and oxygen atoms in total. The molecular weight excluding hydrogens is 297 g/mol. The van der Waals surface area contributed by atoms with Gasteiger partial charge in [0.1, 0.15) is 6.04 Å². The number of nitrogens with one attached hydrogen (secondary N) is 2. The van der Waals surface area contributed by atoms with Crippen molar-refractivity contribution in [1.82, 2.24) is 10.6 Å². The minimum Gasteiger partial charge on any atom is -0.393 e. The molecule has 0 heterocycles. The molecule has 130 valence electrons. The van der Waals surface area contributed by atoms with Crippen molar-refractivity contribution in [3.05, 3.63) is 0 Å². The molecule has 0 aliphatic heterocycles. The van der Waals surface area contributed by atoms with E-state index in [1.807, 2.05) is 5.32 Å². The molecule has 3 unspecified atom stereocenters. The summed E-state index contributed by atoms with van der Waals surface area (Å²) >= 11 is 0. The van der Waals surface area contributed by atoms with Crippen molar-refractivity contribution >= 4 is 6.03 Å². The Kier molecular flexibility index (Phi) is 6.52. The second-order valence-electron chi connectivity index (χ2n) is 7.40. The van der Waals surface area contributed by atoms with Crippen LogP contribution in [-0.2, 0) is 0 Å². The molecule has 0 bridgehead atoms. The molecule has 3 atom stereocenters. The first-order valence-corrected chi connectivity index (χ1v) is 7.76. The quantitative estimate of drug-likeness (QED) is 0.744. The number of rotatable bonds is 4. The van der Waals surface area contributed by atoms with Gasteiger partial charge < -0.3 is 15.7 Å². The van der Waals surface area contributed by atoms with Gasteiger partial charge in [0.15, 0.2) is 0 Å². The molecule has 1 saturated carbocycles. The van der Waals surface area contributed by atoms with Gasteiger partial charge in [-0.3, -0.25) is 0 Å². The van der Waals surface area contributed by atoms with Crippen molar-refractivity contribution in [2.24, 2.45) is 11.3 Å². The first-order chi connectivity index (χ1) is 9.97. The highest BCUT2D eigenvalue weighted by Gasteiger charge is 2.42. The van der Waals surface area contributed by atoms with Crippen LogP contribution in [0.2, 0.25) is 0 Å². The van der Waals surface area contributed by atoms with Gasteiger partial charge in [0.2, 0.25) is 0 Å². The van der Waals surface area contributed by atoms with E-state index in [0.29, 0.717) is 13.0 Å². The number of hydrogen-bond acceptors (Lipinski definition) is 2. The van der Waals surface area contributed by atoms with Crippen LogP contribution < -0.4 is 10.6 Å².